The minimum absolute atomic E-state index is 0.176. The third-order valence-electron chi connectivity index (χ3n) is 7.67. The number of carboxylic acids is 1. The maximum Gasteiger partial charge on any atom is 0.318 e. The van der Waals surface area contributed by atoms with E-state index in [1.54, 1.807) is 0 Å². The second kappa shape index (κ2) is 10.6. The minimum atomic E-state index is -0.981. The van der Waals surface area contributed by atoms with Gasteiger partial charge in [0.1, 0.15) is 5.41 Å². The van der Waals surface area contributed by atoms with Crippen LogP contribution in [0.4, 0.5) is 0 Å². The highest BCUT2D eigenvalue weighted by molar-refractivity contribution is 9.10. The van der Waals surface area contributed by atoms with Crippen LogP contribution in [0.25, 0.3) is 11.1 Å². The van der Waals surface area contributed by atoms with Crippen LogP contribution in [0.2, 0.25) is 0 Å². The van der Waals surface area contributed by atoms with Crippen LogP contribution < -0.4 is 0 Å². The molecule has 186 valence electrons. The molecule has 3 aromatic rings. The molecule has 2 aliphatic rings. The highest BCUT2D eigenvalue weighted by Crippen LogP contribution is 2.51. The van der Waals surface area contributed by atoms with Crippen LogP contribution in [-0.4, -0.2) is 59.5 Å². The molecule has 1 fully saturated rings. The fraction of sp³-hybridized carbons (Fsp3) is 0.333. The molecule has 0 bridgehead atoms. The number of hydrogen-bond acceptors (Lipinski definition) is 3. The summed E-state index contributed by atoms with van der Waals surface area (Å²) < 4.78 is 0.992. The summed E-state index contributed by atoms with van der Waals surface area (Å²) in [7, 11) is 0. The first-order valence-electron chi connectivity index (χ1n) is 12.7. The molecule has 6 heteroatoms. The molecule has 3 aromatic carbocycles. The fourth-order valence-electron chi connectivity index (χ4n) is 5.81. The van der Waals surface area contributed by atoms with E-state index in [9.17, 15) is 14.7 Å². The maximum atomic E-state index is 12.7. The van der Waals surface area contributed by atoms with Gasteiger partial charge in [-0.15, -0.1) is 0 Å². The van der Waals surface area contributed by atoms with E-state index in [0.29, 0.717) is 12.8 Å². The fourth-order valence-corrected chi connectivity index (χ4v) is 6.26. The molecule has 1 N–H and O–H groups in total. The molecule has 5 nitrogen and oxygen atoms in total. The molecule has 0 aromatic heterocycles. The molecule has 36 heavy (non-hydrogen) atoms. The van der Waals surface area contributed by atoms with Gasteiger partial charge in [-0.25, -0.2) is 0 Å². The van der Waals surface area contributed by atoms with Crippen molar-refractivity contribution in [2.24, 2.45) is 0 Å². The van der Waals surface area contributed by atoms with Crippen molar-refractivity contribution in [3.8, 4) is 11.1 Å². The monoisotopic (exact) mass is 546 g/mol. The van der Waals surface area contributed by atoms with Crippen LogP contribution in [0.15, 0.2) is 77.3 Å². The smallest absolute Gasteiger partial charge is 0.318 e. The molecule has 1 saturated heterocycles. The molecule has 1 amide bonds. The standard InChI is InChI=1S/C30H31BrN2O3/c31-23-9-7-8-22(20-23)21-28(34)33-18-16-32(17-19-33)15-6-5-14-30(29(35)36)26-12-3-1-10-24(26)25-11-2-4-13-27(25)30/h1-4,7-13,20H,5-6,14-19,21H2,(H,35,36). The number of benzene rings is 3. The Kier molecular flexibility index (Phi) is 7.26. The average molecular weight is 547 g/mol. The summed E-state index contributed by atoms with van der Waals surface area (Å²) in [6.45, 7) is 4.13. The van der Waals surface area contributed by atoms with E-state index in [2.05, 4.69) is 20.8 Å². The third-order valence-corrected chi connectivity index (χ3v) is 8.17. The van der Waals surface area contributed by atoms with E-state index in [1.807, 2.05) is 77.7 Å². The van der Waals surface area contributed by atoms with Gasteiger partial charge in [-0.1, -0.05) is 83.0 Å². The number of amides is 1. The molecule has 1 aliphatic carbocycles. The van der Waals surface area contributed by atoms with Crippen LogP contribution >= 0.6 is 15.9 Å². The number of carbonyl (C=O) groups is 2. The summed E-state index contributed by atoms with van der Waals surface area (Å²) in [6, 6.07) is 23.8. The zero-order valence-electron chi connectivity index (χ0n) is 20.3. The summed E-state index contributed by atoms with van der Waals surface area (Å²) >= 11 is 3.47. The average Bonchev–Trinajstić information content (AvgIpc) is 3.18. The third kappa shape index (κ3) is 4.72. The summed E-state index contributed by atoms with van der Waals surface area (Å²) in [6.07, 6.45) is 2.78. The van der Waals surface area contributed by atoms with Crippen molar-refractivity contribution in [3.05, 3.63) is 94.0 Å². The zero-order chi connectivity index (χ0) is 25.1. The van der Waals surface area contributed by atoms with Gasteiger partial charge in [-0.05, 0) is 59.3 Å². The van der Waals surface area contributed by atoms with Gasteiger partial charge in [0.2, 0.25) is 5.91 Å². The molecular weight excluding hydrogens is 516 g/mol. The van der Waals surface area contributed by atoms with E-state index < -0.39 is 11.4 Å². The highest BCUT2D eigenvalue weighted by atomic mass is 79.9. The molecule has 0 spiro atoms. The van der Waals surface area contributed by atoms with Crippen molar-refractivity contribution < 1.29 is 14.7 Å². The second-order valence-electron chi connectivity index (χ2n) is 9.79. The van der Waals surface area contributed by atoms with Crippen LogP contribution in [0, 0.1) is 0 Å². The molecular formula is C30H31BrN2O3. The van der Waals surface area contributed by atoms with Crippen molar-refractivity contribution in [1.29, 1.82) is 0 Å². The number of hydrogen-bond donors (Lipinski definition) is 1. The highest BCUT2D eigenvalue weighted by Gasteiger charge is 2.48. The minimum Gasteiger partial charge on any atom is -0.480 e. The van der Waals surface area contributed by atoms with Crippen LogP contribution in [0.3, 0.4) is 0 Å². The summed E-state index contributed by atoms with van der Waals surface area (Å²) in [5, 5.41) is 10.5. The normalized spacial score (nSPS) is 16.4. The Morgan fingerprint density at radius 3 is 2.08 bits per heavy atom. The number of fused-ring (bicyclic) bond motifs is 3. The van der Waals surface area contributed by atoms with Gasteiger partial charge in [-0.2, -0.15) is 0 Å². The summed E-state index contributed by atoms with van der Waals surface area (Å²) in [5.74, 6) is -0.591. The number of unbranched alkanes of at least 4 members (excludes halogenated alkanes) is 1. The zero-order valence-corrected chi connectivity index (χ0v) is 21.9. The topological polar surface area (TPSA) is 60.9 Å². The van der Waals surface area contributed by atoms with Crippen molar-refractivity contribution in [2.75, 3.05) is 32.7 Å². The van der Waals surface area contributed by atoms with Gasteiger partial charge < -0.3 is 10.0 Å². The molecule has 0 radical (unpaired) electrons. The Morgan fingerprint density at radius 2 is 1.47 bits per heavy atom. The van der Waals surface area contributed by atoms with Gasteiger partial charge in [0.05, 0.1) is 6.42 Å². The first-order valence-corrected chi connectivity index (χ1v) is 13.5. The second-order valence-corrected chi connectivity index (χ2v) is 10.7. The Labute approximate surface area is 220 Å². The van der Waals surface area contributed by atoms with E-state index >= 15 is 0 Å². The molecule has 0 unspecified atom stereocenters. The lowest BCUT2D eigenvalue weighted by Gasteiger charge is -2.35. The van der Waals surface area contributed by atoms with Crippen molar-refractivity contribution in [3.63, 3.8) is 0 Å². The van der Waals surface area contributed by atoms with E-state index in [4.69, 9.17) is 0 Å². The van der Waals surface area contributed by atoms with Crippen molar-refractivity contribution in [2.45, 2.75) is 31.1 Å². The van der Waals surface area contributed by atoms with Crippen LogP contribution in [0.5, 0.6) is 0 Å². The maximum absolute atomic E-state index is 12.7. The van der Waals surface area contributed by atoms with Crippen molar-refractivity contribution >= 4 is 27.8 Å². The lowest BCUT2D eigenvalue weighted by atomic mass is 9.74. The van der Waals surface area contributed by atoms with Gasteiger partial charge in [0, 0.05) is 30.7 Å². The summed E-state index contributed by atoms with van der Waals surface area (Å²) in [5.41, 5.74) is 3.95. The number of piperazine rings is 1. The molecule has 1 heterocycles. The molecule has 1 aliphatic heterocycles. The lowest BCUT2D eigenvalue weighted by molar-refractivity contribution is -0.142. The Morgan fingerprint density at radius 1 is 0.833 bits per heavy atom. The lowest BCUT2D eigenvalue weighted by Crippen LogP contribution is -2.49. The number of halogens is 1. The SMILES string of the molecule is O=C(Cc1cccc(Br)c1)N1CCN(CCCCC2(C(=O)O)c3ccccc3-c3ccccc32)CC1. The first kappa shape index (κ1) is 24.7. The van der Waals surface area contributed by atoms with Crippen molar-refractivity contribution in [1.82, 2.24) is 9.80 Å². The number of aliphatic carboxylic acids is 1. The Hall–Kier alpha value is -2.96. The number of carbonyl (C=O) groups excluding carboxylic acids is 1. The van der Waals surface area contributed by atoms with Gasteiger partial charge >= 0.3 is 5.97 Å². The predicted molar refractivity (Wildman–Crippen MR) is 145 cm³/mol. The van der Waals surface area contributed by atoms with Gasteiger partial charge in [0.25, 0.3) is 0 Å². The molecule has 0 saturated carbocycles. The van der Waals surface area contributed by atoms with E-state index in [0.717, 1.165) is 77.9 Å². The van der Waals surface area contributed by atoms with Gasteiger partial charge in [0.15, 0.2) is 0 Å². The number of nitrogens with zero attached hydrogens (tertiary/aromatic N) is 2. The number of rotatable bonds is 8. The quantitative estimate of drug-likeness (QED) is 0.386. The predicted octanol–water partition coefficient (Wildman–Crippen LogP) is 5.36. The first-order chi connectivity index (χ1) is 17.5. The van der Waals surface area contributed by atoms with Crippen LogP contribution in [0.1, 0.15) is 36.0 Å². The summed E-state index contributed by atoms with van der Waals surface area (Å²) in [4.78, 5) is 29.8. The molecule has 0 atom stereocenters. The van der Waals surface area contributed by atoms with Gasteiger partial charge in [-0.3, -0.25) is 14.5 Å². The largest absolute Gasteiger partial charge is 0.480 e. The van der Waals surface area contributed by atoms with Crippen LogP contribution in [-0.2, 0) is 21.4 Å². The Bertz CT molecular complexity index is 1220. The number of carboxylic acid groups (broad SMARTS) is 1. The van der Waals surface area contributed by atoms with E-state index in [1.165, 1.54) is 0 Å². The van der Waals surface area contributed by atoms with E-state index in [-0.39, 0.29) is 5.91 Å². The Balaban J connectivity index is 1.15. The molecule has 5 rings (SSSR count).